The Morgan fingerprint density at radius 3 is 2.83 bits per heavy atom. The summed E-state index contributed by atoms with van der Waals surface area (Å²) in [5.74, 6) is -0.240. The number of hydrogen-bond donors (Lipinski definition) is 0. The van der Waals surface area contributed by atoms with Crippen molar-refractivity contribution < 1.29 is 9.18 Å². The highest BCUT2D eigenvalue weighted by Crippen LogP contribution is 2.39. The summed E-state index contributed by atoms with van der Waals surface area (Å²) in [5, 5.41) is 4.42. The number of carbonyl (C=O) groups excluding carboxylic acids is 1. The number of aromatic nitrogens is 2. The summed E-state index contributed by atoms with van der Waals surface area (Å²) in [5.41, 5.74) is 1.63. The van der Waals surface area contributed by atoms with Crippen LogP contribution in [0.2, 0.25) is 0 Å². The largest absolute Gasteiger partial charge is 0.294 e. The quantitative estimate of drug-likeness (QED) is 0.778. The first-order chi connectivity index (χ1) is 8.66. The minimum Gasteiger partial charge on any atom is -0.294 e. The molecule has 2 aromatic rings. The van der Waals surface area contributed by atoms with Crippen molar-refractivity contribution in [2.24, 2.45) is 0 Å². The van der Waals surface area contributed by atoms with Gasteiger partial charge < -0.3 is 0 Å². The first-order valence-electron chi connectivity index (χ1n) is 6.02. The molecular weight excluding hydrogens is 231 g/mol. The molecule has 1 fully saturated rings. The SMILES string of the molecule is CC(=O)c1c(F)cccc1-n1ccc(C2CC2)n1. The topological polar surface area (TPSA) is 34.9 Å². The maximum atomic E-state index is 13.7. The standard InChI is InChI=1S/C14H13FN2O/c1-9(18)14-11(15)3-2-4-13(14)17-8-7-12(16-17)10-5-6-10/h2-4,7-8,10H,5-6H2,1H3. The molecule has 0 atom stereocenters. The Hall–Kier alpha value is -1.97. The van der Waals surface area contributed by atoms with E-state index in [4.69, 9.17) is 0 Å². The van der Waals surface area contributed by atoms with Crippen LogP contribution < -0.4 is 0 Å². The molecule has 0 saturated heterocycles. The molecule has 0 N–H and O–H groups in total. The lowest BCUT2D eigenvalue weighted by molar-refractivity contribution is 0.101. The Kier molecular flexibility index (Phi) is 2.51. The van der Waals surface area contributed by atoms with E-state index in [1.54, 1.807) is 23.0 Å². The molecule has 0 aliphatic heterocycles. The third-order valence-electron chi connectivity index (χ3n) is 3.20. The van der Waals surface area contributed by atoms with Gasteiger partial charge in [-0.05, 0) is 38.0 Å². The van der Waals surface area contributed by atoms with Crippen LogP contribution in [-0.4, -0.2) is 15.6 Å². The summed E-state index contributed by atoms with van der Waals surface area (Å²) in [6, 6.07) is 6.54. The van der Waals surface area contributed by atoms with Gasteiger partial charge in [0.05, 0.1) is 16.9 Å². The van der Waals surface area contributed by atoms with Gasteiger partial charge in [-0.3, -0.25) is 4.79 Å². The third-order valence-corrected chi connectivity index (χ3v) is 3.20. The number of nitrogens with zero attached hydrogens (tertiary/aromatic N) is 2. The maximum Gasteiger partial charge on any atom is 0.164 e. The minimum atomic E-state index is -0.497. The van der Waals surface area contributed by atoms with Crippen LogP contribution in [0.5, 0.6) is 0 Å². The number of rotatable bonds is 3. The number of ketones is 1. The van der Waals surface area contributed by atoms with Crippen LogP contribution in [0.15, 0.2) is 30.5 Å². The zero-order chi connectivity index (χ0) is 12.7. The van der Waals surface area contributed by atoms with Crippen molar-refractivity contribution in [2.45, 2.75) is 25.7 Å². The molecule has 92 valence electrons. The van der Waals surface area contributed by atoms with Crippen molar-refractivity contribution in [1.29, 1.82) is 0 Å². The Labute approximate surface area is 104 Å². The van der Waals surface area contributed by atoms with E-state index in [0.29, 0.717) is 11.6 Å². The maximum absolute atomic E-state index is 13.7. The van der Waals surface area contributed by atoms with E-state index in [1.165, 1.54) is 25.8 Å². The highest BCUT2D eigenvalue weighted by molar-refractivity contribution is 5.97. The fraction of sp³-hybridized carbons (Fsp3) is 0.286. The molecule has 0 amide bonds. The van der Waals surface area contributed by atoms with Gasteiger partial charge in [-0.15, -0.1) is 0 Å². The average molecular weight is 244 g/mol. The normalized spacial score (nSPS) is 14.8. The zero-order valence-electron chi connectivity index (χ0n) is 10.1. The molecule has 1 aromatic heterocycles. The molecule has 0 unspecified atom stereocenters. The van der Waals surface area contributed by atoms with Crippen LogP contribution in [0, 0.1) is 5.82 Å². The molecule has 0 radical (unpaired) electrons. The summed E-state index contributed by atoms with van der Waals surface area (Å²) in [7, 11) is 0. The monoisotopic (exact) mass is 244 g/mol. The summed E-state index contributed by atoms with van der Waals surface area (Å²) in [6.07, 6.45) is 4.12. The fourth-order valence-electron chi connectivity index (χ4n) is 2.12. The van der Waals surface area contributed by atoms with Crippen molar-refractivity contribution >= 4 is 5.78 Å². The van der Waals surface area contributed by atoms with Gasteiger partial charge >= 0.3 is 0 Å². The van der Waals surface area contributed by atoms with E-state index in [9.17, 15) is 9.18 Å². The van der Waals surface area contributed by atoms with Crippen LogP contribution in [-0.2, 0) is 0 Å². The second-order valence-corrected chi connectivity index (χ2v) is 4.65. The Bertz CT molecular complexity index is 614. The predicted molar refractivity (Wildman–Crippen MR) is 65.5 cm³/mol. The second kappa shape index (κ2) is 4.05. The molecular formula is C14H13FN2O. The Morgan fingerprint density at radius 1 is 1.39 bits per heavy atom. The number of halogens is 1. The highest BCUT2D eigenvalue weighted by Gasteiger charge is 2.26. The van der Waals surface area contributed by atoms with Gasteiger partial charge in [0.15, 0.2) is 5.78 Å². The Morgan fingerprint density at radius 2 is 2.17 bits per heavy atom. The van der Waals surface area contributed by atoms with Crippen molar-refractivity contribution in [2.75, 3.05) is 0 Å². The zero-order valence-corrected chi connectivity index (χ0v) is 10.1. The predicted octanol–water partition coefficient (Wildman–Crippen LogP) is 3.09. The van der Waals surface area contributed by atoms with Gasteiger partial charge in [0.1, 0.15) is 5.82 Å². The van der Waals surface area contributed by atoms with Crippen molar-refractivity contribution in [1.82, 2.24) is 9.78 Å². The summed E-state index contributed by atoms with van der Waals surface area (Å²) < 4.78 is 15.3. The lowest BCUT2D eigenvalue weighted by Crippen LogP contribution is -2.07. The molecule has 1 aliphatic rings. The van der Waals surface area contributed by atoms with Crippen molar-refractivity contribution in [3.8, 4) is 5.69 Å². The van der Waals surface area contributed by atoms with E-state index in [2.05, 4.69) is 5.10 Å². The van der Waals surface area contributed by atoms with Crippen LogP contribution in [0.4, 0.5) is 4.39 Å². The molecule has 0 spiro atoms. The van der Waals surface area contributed by atoms with E-state index in [1.807, 2.05) is 6.07 Å². The summed E-state index contributed by atoms with van der Waals surface area (Å²) >= 11 is 0. The molecule has 3 nitrogen and oxygen atoms in total. The van der Waals surface area contributed by atoms with Crippen LogP contribution >= 0.6 is 0 Å². The highest BCUT2D eigenvalue weighted by atomic mass is 19.1. The van der Waals surface area contributed by atoms with Crippen LogP contribution in [0.1, 0.15) is 41.7 Å². The van der Waals surface area contributed by atoms with Crippen molar-refractivity contribution in [3.63, 3.8) is 0 Å². The number of hydrogen-bond acceptors (Lipinski definition) is 2. The molecule has 0 bridgehead atoms. The average Bonchev–Trinajstić information content (AvgIpc) is 3.06. The fourth-order valence-corrected chi connectivity index (χ4v) is 2.12. The first kappa shape index (κ1) is 11.1. The van der Waals surface area contributed by atoms with Gasteiger partial charge in [0.25, 0.3) is 0 Å². The smallest absolute Gasteiger partial charge is 0.164 e. The molecule has 1 heterocycles. The lowest BCUT2D eigenvalue weighted by Gasteiger charge is -2.07. The molecule has 1 saturated carbocycles. The van der Waals surface area contributed by atoms with Gasteiger partial charge in [-0.25, -0.2) is 9.07 Å². The van der Waals surface area contributed by atoms with E-state index in [0.717, 1.165) is 5.69 Å². The third kappa shape index (κ3) is 1.83. The van der Waals surface area contributed by atoms with E-state index < -0.39 is 5.82 Å². The van der Waals surface area contributed by atoms with E-state index >= 15 is 0 Å². The molecule has 18 heavy (non-hydrogen) atoms. The summed E-state index contributed by atoms with van der Waals surface area (Å²) in [4.78, 5) is 11.5. The van der Waals surface area contributed by atoms with E-state index in [-0.39, 0.29) is 11.3 Å². The van der Waals surface area contributed by atoms with Crippen molar-refractivity contribution in [3.05, 3.63) is 47.5 Å². The summed E-state index contributed by atoms with van der Waals surface area (Å²) in [6.45, 7) is 1.37. The Balaban J connectivity index is 2.09. The number of Topliss-reactive ketones (excluding diaryl/α,β-unsaturated/α-hetero) is 1. The molecule has 1 aromatic carbocycles. The molecule has 3 rings (SSSR count). The number of benzene rings is 1. The van der Waals surface area contributed by atoms with Gasteiger partial charge in [0.2, 0.25) is 0 Å². The molecule has 4 heteroatoms. The second-order valence-electron chi connectivity index (χ2n) is 4.65. The van der Waals surface area contributed by atoms with Gasteiger partial charge in [0, 0.05) is 12.1 Å². The van der Waals surface area contributed by atoms with Gasteiger partial charge in [-0.1, -0.05) is 6.07 Å². The first-order valence-corrected chi connectivity index (χ1v) is 6.02. The minimum absolute atomic E-state index is 0.1000. The number of carbonyl (C=O) groups is 1. The van der Waals surface area contributed by atoms with Gasteiger partial charge in [-0.2, -0.15) is 5.10 Å². The van der Waals surface area contributed by atoms with Crippen LogP contribution in [0.25, 0.3) is 5.69 Å². The lowest BCUT2D eigenvalue weighted by atomic mass is 10.1. The molecule has 1 aliphatic carbocycles. The van der Waals surface area contributed by atoms with Crippen LogP contribution in [0.3, 0.4) is 0 Å².